The van der Waals surface area contributed by atoms with Crippen LogP contribution in [0.3, 0.4) is 0 Å². The molecule has 6 heteroatoms. The Bertz CT molecular complexity index is 728. The van der Waals surface area contributed by atoms with Crippen LogP contribution in [0.15, 0.2) is 30.5 Å². The molecule has 1 aromatic carbocycles. The maximum absolute atomic E-state index is 12.2. The topological polar surface area (TPSA) is 50.2 Å². The SMILES string of the molecule is Cc1c(CNC2CC(=O)N(CCc3cccc(Cl)c3)C2)cnn1C. The van der Waals surface area contributed by atoms with Crippen LogP contribution in [0.25, 0.3) is 0 Å². The Morgan fingerprint density at radius 3 is 2.96 bits per heavy atom. The summed E-state index contributed by atoms with van der Waals surface area (Å²) in [7, 11) is 1.94. The summed E-state index contributed by atoms with van der Waals surface area (Å²) in [5, 5.41) is 8.47. The first kappa shape index (κ1) is 17.0. The number of hydrogen-bond acceptors (Lipinski definition) is 3. The molecule has 1 aromatic heterocycles. The lowest BCUT2D eigenvalue weighted by Gasteiger charge is -2.17. The lowest BCUT2D eigenvalue weighted by molar-refractivity contribution is -0.127. The minimum Gasteiger partial charge on any atom is -0.341 e. The fourth-order valence-electron chi connectivity index (χ4n) is 3.05. The highest BCUT2D eigenvalue weighted by Gasteiger charge is 2.28. The minimum absolute atomic E-state index is 0.205. The molecule has 1 amide bonds. The van der Waals surface area contributed by atoms with E-state index in [9.17, 15) is 4.79 Å². The van der Waals surface area contributed by atoms with Gasteiger partial charge in [-0.25, -0.2) is 0 Å². The van der Waals surface area contributed by atoms with Crippen LogP contribution in [0.2, 0.25) is 5.02 Å². The van der Waals surface area contributed by atoms with Crippen molar-refractivity contribution in [3.63, 3.8) is 0 Å². The molecular formula is C18H23ClN4O. The Morgan fingerprint density at radius 2 is 2.25 bits per heavy atom. The normalized spacial score (nSPS) is 17.7. The fourth-order valence-corrected chi connectivity index (χ4v) is 3.27. The Kier molecular flexibility index (Phi) is 5.21. The summed E-state index contributed by atoms with van der Waals surface area (Å²) in [6, 6.07) is 8.03. The first-order chi connectivity index (χ1) is 11.5. The Morgan fingerprint density at radius 1 is 1.42 bits per heavy atom. The summed E-state index contributed by atoms with van der Waals surface area (Å²) in [6.45, 7) is 4.31. The van der Waals surface area contributed by atoms with E-state index in [0.29, 0.717) is 6.42 Å². The molecule has 2 heterocycles. The molecule has 1 N–H and O–H groups in total. The number of benzene rings is 1. The van der Waals surface area contributed by atoms with Crippen LogP contribution in [0, 0.1) is 6.92 Å². The van der Waals surface area contributed by atoms with Gasteiger partial charge >= 0.3 is 0 Å². The zero-order valence-electron chi connectivity index (χ0n) is 14.1. The third-order valence-electron chi connectivity index (χ3n) is 4.69. The maximum Gasteiger partial charge on any atom is 0.224 e. The molecular weight excluding hydrogens is 324 g/mol. The summed E-state index contributed by atoms with van der Waals surface area (Å²) in [5.41, 5.74) is 3.50. The third-order valence-corrected chi connectivity index (χ3v) is 4.93. The highest BCUT2D eigenvalue weighted by Crippen LogP contribution is 2.16. The predicted molar refractivity (Wildman–Crippen MR) is 94.9 cm³/mol. The van der Waals surface area contributed by atoms with Crippen molar-refractivity contribution in [3.05, 3.63) is 52.3 Å². The van der Waals surface area contributed by atoms with Crippen LogP contribution in [0.1, 0.15) is 23.2 Å². The van der Waals surface area contributed by atoms with Gasteiger partial charge in [0, 0.05) is 55.4 Å². The minimum atomic E-state index is 0.205. The largest absolute Gasteiger partial charge is 0.341 e. The number of hydrogen-bond donors (Lipinski definition) is 1. The second-order valence-electron chi connectivity index (χ2n) is 6.38. The highest BCUT2D eigenvalue weighted by molar-refractivity contribution is 6.30. The molecule has 1 saturated heterocycles. The van der Waals surface area contributed by atoms with Crippen molar-refractivity contribution in [1.82, 2.24) is 20.0 Å². The van der Waals surface area contributed by atoms with Gasteiger partial charge in [0.25, 0.3) is 0 Å². The lowest BCUT2D eigenvalue weighted by Crippen LogP contribution is -2.33. The zero-order chi connectivity index (χ0) is 17.1. The van der Waals surface area contributed by atoms with Crippen LogP contribution in [-0.2, 0) is 24.8 Å². The number of amides is 1. The van der Waals surface area contributed by atoms with E-state index in [1.807, 2.05) is 47.1 Å². The van der Waals surface area contributed by atoms with Gasteiger partial charge in [-0.2, -0.15) is 5.10 Å². The monoisotopic (exact) mass is 346 g/mol. The highest BCUT2D eigenvalue weighted by atomic mass is 35.5. The number of halogens is 1. The summed E-state index contributed by atoms with van der Waals surface area (Å²) in [6.07, 6.45) is 3.28. The summed E-state index contributed by atoms with van der Waals surface area (Å²) in [4.78, 5) is 14.1. The average Bonchev–Trinajstić information content (AvgIpc) is 3.07. The molecule has 0 radical (unpaired) electrons. The number of carbonyl (C=O) groups excluding carboxylic acids is 1. The maximum atomic E-state index is 12.2. The molecule has 0 saturated carbocycles. The Hall–Kier alpha value is -1.85. The van der Waals surface area contributed by atoms with Crippen LogP contribution >= 0.6 is 11.6 Å². The van der Waals surface area contributed by atoms with E-state index >= 15 is 0 Å². The first-order valence-corrected chi connectivity index (χ1v) is 8.64. The van der Waals surface area contributed by atoms with Crippen molar-refractivity contribution in [3.8, 4) is 0 Å². The van der Waals surface area contributed by atoms with Crippen LogP contribution < -0.4 is 5.32 Å². The van der Waals surface area contributed by atoms with E-state index < -0.39 is 0 Å². The van der Waals surface area contributed by atoms with Gasteiger partial charge in [0.2, 0.25) is 5.91 Å². The van der Waals surface area contributed by atoms with Crippen molar-refractivity contribution < 1.29 is 4.79 Å². The molecule has 1 atom stereocenters. The number of aryl methyl sites for hydroxylation is 1. The molecule has 1 fully saturated rings. The number of carbonyl (C=O) groups is 1. The number of rotatable bonds is 6. The molecule has 3 rings (SSSR count). The molecule has 1 aliphatic rings. The molecule has 1 unspecified atom stereocenters. The predicted octanol–water partition coefficient (Wildman–Crippen LogP) is 2.32. The quantitative estimate of drug-likeness (QED) is 0.873. The van der Waals surface area contributed by atoms with Gasteiger partial charge in [0.05, 0.1) is 6.20 Å². The zero-order valence-corrected chi connectivity index (χ0v) is 14.9. The van der Waals surface area contributed by atoms with E-state index in [1.54, 1.807) is 0 Å². The third kappa shape index (κ3) is 3.97. The van der Waals surface area contributed by atoms with E-state index in [4.69, 9.17) is 11.6 Å². The van der Waals surface area contributed by atoms with Crippen LogP contribution in [-0.4, -0.2) is 39.7 Å². The van der Waals surface area contributed by atoms with Gasteiger partial charge in [0.1, 0.15) is 0 Å². The molecule has 0 spiro atoms. The molecule has 2 aromatic rings. The number of aromatic nitrogens is 2. The van der Waals surface area contributed by atoms with Gasteiger partial charge in [-0.05, 0) is 31.0 Å². The van der Waals surface area contributed by atoms with Crippen molar-refractivity contribution in [2.45, 2.75) is 32.4 Å². The number of likely N-dealkylation sites (tertiary alicyclic amines) is 1. The van der Waals surface area contributed by atoms with Gasteiger partial charge in [-0.15, -0.1) is 0 Å². The molecule has 24 heavy (non-hydrogen) atoms. The molecule has 5 nitrogen and oxygen atoms in total. The standard InChI is InChI=1S/C18H23ClN4O/c1-13-15(11-21-22(13)2)10-20-17-9-18(24)23(12-17)7-6-14-4-3-5-16(19)8-14/h3-5,8,11,17,20H,6-7,9-10,12H2,1-2H3. The van der Waals surface area contributed by atoms with Gasteiger partial charge in [-0.1, -0.05) is 23.7 Å². The summed E-state index contributed by atoms with van der Waals surface area (Å²) < 4.78 is 1.87. The average molecular weight is 347 g/mol. The van der Waals surface area contributed by atoms with E-state index in [-0.39, 0.29) is 11.9 Å². The van der Waals surface area contributed by atoms with Gasteiger partial charge < -0.3 is 10.2 Å². The first-order valence-electron chi connectivity index (χ1n) is 8.26. The van der Waals surface area contributed by atoms with Crippen LogP contribution in [0.4, 0.5) is 0 Å². The van der Waals surface area contributed by atoms with E-state index in [0.717, 1.165) is 42.3 Å². The smallest absolute Gasteiger partial charge is 0.224 e. The Labute approximate surface area is 147 Å². The van der Waals surface area contributed by atoms with E-state index in [2.05, 4.69) is 17.3 Å². The van der Waals surface area contributed by atoms with Crippen molar-refractivity contribution in [1.29, 1.82) is 0 Å². The fraction of sp³-hybridized carbons (Fsp3) is 0.444. The van der Waals surface area contributed by atoms with Crippen LogP contribution in [0.5, 0.6) is 0 Å². The second kappa shape index (κ2) is 7.36. The second-order valence-corrected chi connectivity index (χ2v) is 6.82. The molecule has 128 valence electrons. The lowest BCUT2D eigenvalue weighted by atomic mass is 10.1. The Balaban J connectivity index is 1.49. The summed E-state index contributed by atoms with van der Waals surface area (Å²) in [5.74, 6) is 0.220. The van der Waals surface area contributed by atoms with Crippen molar-refractivity contribution in [2.24, 2.45) is 7.05 Å². The number of nitrogens with one attached hydrogen (secondary N) is 1. The summed E-state index contributed by atoms with van der Waals surface area (Å²) >= 11 is 6.01. The molecule has 0 aliphatic carbocycles. The number of nitrogens with zero attached hydrogens (tertiary/aromatic N) is 3. The van der Waals surface area contributed by atoms with Crippen molar-refractivity contribution in [2.75, 3.05) is 13.1 Å². The molecule has 1 aliphatic heterocycles. The van der Waals surface area contributed by atoms with E-state index in [1.165, 1.54) is 5.56 Å². The van der Waals surface area contributed by atoms with Gasteiger partial charge in [0.15, 0.2) is 0 Å². The van der Waals surface area contributed by atoms with Crippen molar-refractivity contribution >= 4 is 17.5 Å². The molecule has 0 bridgehead atoms. The van der Waals surface area contributed by atoms with Gasteiger partial charge in [-0.3, -0.25) is 9.48 Å².